The minimum absolute atomic E-state index is 0.0541. The molecule has 8 heteroatoms. The molecule has 8 nitrogen and oxygen atoms in total. The van der Waals surface area contributed by atoms with Gasteiger partial charge in [-0.2, -0.15) is 0 Å². The minimum atomic E-state index is -0.642. The molecule has 0 saturated carbocycles. The van der Waals surface area contributed by atoms with Gasteiger partial charge in [0.15, 0.2) is 0 Å². The summed E-state index contributed by atoms with van der Waals surface area (Å²) >= 11 is 0. The predicted octanol–water partition coefficient (Wildman–Crippen LogP) is 2.86. The highest BCUT2D eigenvalue weighted by Crippen LogP contribution is 2.24. The van der Waals surface area contributed by atoms with Crippen molar-refractivity contribution in [3.63, 3.8) is 0 Å². The maximum absolute atomic E-state index is 12.9. The molecule has 0 radical (unpaired) electrons. The lowest BCUT2D eigenvalue weighted by molar-refractivity contribution is -0.128. The summed E-state index contributed by atoms with van der Waals surface area (Å²) in [6.45, 7) is 4.45. The lowest BCUT2D eigenvalue weighted by Crippen LogP contribution is -2.53. The molecule has 3 N–H and O–H groups in total. The highest BCUT2D eigenvalue weighted by Gasteiger charge is 2.27. The van der Waals surface area contributed by atoms with Gasteiger partial charge in [0.1, 0.15) is 11.8 Å². The maximum Gasteiger partial charge on any atom is 0.321 e. The van der Waals surface area contributed by atoms with Gasteiger partial charge in [-0.25, -0.2) is 4.79 Å². The Morgan fingerprint density at radius 2 is 1.82 bits per heavy atom. The Labute approximate surface area is 194 Å². The topological polar surface area (TPSA) is 99.8 Å². The van der Waals surface area contributed by atoms with Gasteiger partial charge in [-0.15, -0.1) is 0 Å². The fraction of sp³-hybridized carbons (Fsp3) is 0.400. The van der Waals surface area contributed by atoms with Crippen molar-refractivity contribution >= 4 is 23.5 Å². The SMILES string of the molecule is COc1ccccc1NC(=O)N1CCC(NC(=O)[C@@H](Cc2cccc(C)c2)NC(C)=O)CC1. The monoisotopic (exact) mass is 452 g/mol. The zero-order valence-corrected chi connectivity index (χ0v) is 19.4. The van der Waals surface area contributed by atoms with Crippen LogP contribution in [0.4, 0.5) is 10.5 Å². The highest BCUT2D eigenvalue weighted by atomic mass is 16.5. The van der Waals surface area contributed by atoms with Gasteiger partial charge < -0.3 is 25.6 Å². The van der Waals surface area contributed by atoms with Crippen LogP contribution in [-0.2, 0) is 16.0 Å². The fourth-order valence-corrected chi connectivity index (χ4v) is 4.00. The van der Waals surface area contributed by atoms with Gasteiger partial charge in [0.25, 0.3) is 0 Å². The van der Waals surface area contributed by atoms with Crippen molar-refractivity contribution in [2.75, 3.05) is 25.5 Å². The van der Waals surface area contributed by atoms with E-state index in [1.54, 1.807) is 24.1 Å². The first-order valence-corrected chi connectivity index (χ1v) is 11.2. The Kier molecular flexibility index (Phi) is 8.29. The largest absolute Gasteiger partial charge is 0.495 e. The van der Waals surface area contributed by atoms with Crippen molar-refractivity contribution in [3.8, 4) is 5.75 Å². The standard InChI is InChI=1S/C25H32N4O4/c1-17-7-6-8-19(15-17)16-22(26-18(2)30)24(31)27-20-11-13-29(14-12-20)25(32)28-21-9-4-5-10-23(21)33-3/h4-10,15,20,22H,11-14,16H2,1-3H3,(H,26,30)(H,27,31)(H,28,32)/t22-/m1/s1. The normalized spacial score (nSPS) is 14.8. The van der Waals surface area contributed by atoms with Crippen LogP contribution in [0.2, 0.25) is 0 Å². The number of carbonyl (C=O) groups excluding carboxylic acids is 3. The van der Waals surface area contributed by atoms with Crippen LogP contribution in [-0.4, -0.2) is 55.0 Å². The number of methoxy groups -OCH3 is 1. The third-order valence-corrected chi connectivity index (χ3v) is 5.69. The van der Waals surface area contributed by atoms with Crippen LogP contribution >= 0.6 is 0 Å². The number of para-hydroxylation sites is 2. The highest BCUT2D eigenvalue weighted by molar-refractivity contribution is 5.91. The number of urea groups is 1. The lowest BCUT2D eigenvalue weighted by atomic mass is 10.0. The molecule has 1 atom stereocenters. The number of anilines is 1. The summed E-state index contributed by atoms with van der Waals surface area (Å²) in [5.74, 6) is 0.153. The summed E-state index contributed by atoms with van der Waals surface area (Å²) in [6.07, 6.45) is 1.71. The van der Waals surface area contributed by atoms with Crippen molar-refractivity contribution in [1.29, 1.82) is 0 Å². The van der Waals surface area contributed by atoms with Gasteiger partial charge in [0, 0.05) is 32.5 Å². The van der Waals surface area contributed by atoms with Gasteiger partial charge in [-0.3, -0.25) is 9.59 Å². The molecule has 1 saturated heterocycles. The summed E-state index contributed by atoms with van der Waals surface area (Å²) in [6, 6.07) is 14.3. The number of ether oxygens (including phenoxy) is 1. The second-order valence-electron chi connectivity index (χ2n) is 8.35. The van der Waals surface area contributed by atoms with Crippen molar-refractivity contribution in [2.24, 2.45) is 0 Å². The Balaban J connectivity index is 1.53. The number of benzene rings is 2. The summed E-state index contributed by atoms with van der Waals surface area (Å²) < 4.78 is 5.28. The van der Waals surface area contributed by atoms with Crippen molar-refractivity contribution in [3.05, 3.63) is 59.7 Å². The van der Waals surface area contributed by atoms with E-state index < -0.39 is 6.04 Å². The predicted molar refractivity (Wildman–Crippen MR) is 127 cm³/mol. The van der Waals surface area contributed by atoms with Gasteiger partial charge in [0.2, 0.25) is 11.8 Å². The first-order valence-electron chi connectivity index (χ1n) is 11.2. The maximum atomic E-state index is 12.9. The molecule has 0 aromatic heterocycles. The van der Waals surface area contributed by atoms with E-state index >= 15 is 0 Å². The van der Waals surface area contributed by atoms with E-state index in [2.05, 4.69) is 16.0 Å². The van der Waals surface area contributed by atoms with E-state index in [4.69, 9.17) is 4.74 Å². The van der Waals surface area contributed by atoms with E-state index in [1.807, 2.05) is 43.3 Å². The van der Waals surface area contributed by atoms with Gasteiger partial charge >= 0.3 is 6.03 Å². The molecule has 1 fully saturated rings. The summed E-state index contributed by atoms with van der Waals surface area (Å²) in [5.41, 5.74) is 2.72. The number of hydrogen-bond acceptors (Lipinski definition) is 4. The summed E-state index contributed by atoms with van der Waals surface area (Å²) in [7, 11) is 1.56. The fourth-order valence-electron chi connectivity index (χ4n) is 4.00. The first-order chi connectivity index (χ1) is 15.9. The molecule has 176 valence electrons. The number of nitrogens with one attached hydrogen (secondary N) is 3. The average molecular weight is 453 g/mol. The molecule has 2 aromatic carbocycles. The molecule has 3 rings (SSSR count). The molecule has 33 heavy (non-hydrogen) atoms. The molecule has 0 unspecified atom stereocenters. The molecule has 0 spiro atoms. The van der Waals surface area contributed by atoms with E-state index in [0.717, 1.165) is 11.1 Å². The average Bonchev–Trinajstić information content (AvgIpc) is 2.79. The number of piperidine rings is 1. The van der Waals surface area contributed by atoms with Crippen LogP contribution in [0, 0.1) is 6.92 Å². The number of rotatable bonds is 7. The number of amides is 4. The van der Waals surface area contributed by atoms with Crippen LogP contribution in [0.3, 0.4) is 0 Å². The zero-order valence-electron chi connectivity index (χ0n) is 19.4. The number of likely N-dealkylation sites (tertiary alicyclic amines) is 1. The molecule has 0 bridgehead atoms. The Bertz CT molecular complexity index is 986. The number of nitrogens with zero attached hydrogens (tertiary/aromatic N) is 1. The lowest BCUT2D eigenvalue weighted by Gasteiger charge is -2.33. The number of hydrogen-bond donors (Lipinski definition) is 3. The zero-order chi connectivity index (χ0) is 23.8. The van der Waals surface area contributed by atoms with Crippen molar-refractivity contribution < 1.29 is 19.1 Å². The van der Waals surface area contributed by atoms with Gasteiger partial charge in [0.05, 0.1) is 12.8 Å². The summed E-state index contributed by atoms with van der Waals surface area (Å²) in [4.78, 5) is 39.0. The second kappa shape index (κ2) is 11.4. The second-order valence-corrected chi connectivity index (χ2v) is 8.35. The smallest absolute Gasteiger partial charge is 0.321 e. The Hall–Kier alpha value is -3.55. The number of carbonyl (C=O) groups is 3. The molecule has 1 aliphatic rings. The minimum Gasteiger partial charge on any atom is -0.495 e. The van der Waals surface area contributed by atoms with Crippen LogP contribution in [0.5, 0.6) is 5.75 Å². The Morgan fingerprint density at radius 1 is 1.09 bits per heavy atom. The third kappa shape index (κ3) is 6.97. The van der Waals surface area contributed by atoms with Gasteiger partial charge in [-0.1, -0.05) is 42.0 Å². The van der Waals surface area contributed by atoms with E-state index in [9.17, 15) is 14.4 Å². The van der Waals surface area contributed by atoms with E-state index in [-0.39, 0.29) is 23.9 Å². The molecular formula is C25H32N4O4. The quantitative estimate of drug-likeness (QED) is 0.601. The number of aryl methyl sites for hydroxylation is 1. The van der Waals surface area contributed by atoms with Crippen LogP contribution in [0.25, 0.3) is 0 Å². The molecule has 1 aliphatic heterocycles. The first kappa shape index (κ1) is 24.1. The van der Waals surface area contributed by atoms with Crippen molar-refractivity contribution in [2.45, 2.75) is 45.2 Å². The molecule has 0 aliphatic carbocycles. The third-order valence-electron chi connectivity index (χ3n) is 5.69. The molecular weight excluding hydrogens is 420 g/mol. The molecule has 1 heterocycles. The van der Waals surface area contributed by atoms with Crippen molar-refractivity contribution in [1.82, 2.24) is 15.5 Å². The molecule has 2 aromatic rings. The van der Waals surface area contributed by atoms with Gasteiger partial charge in [-0.05, 0) is 37.5 Å². The van der Waals surface area contributed by atoms with E-state index in [0.29, 0.717) is 43.8 Å². The van der Waals surface area contributed by atoms with E-state index in [1.165, 1.54) is 6.92 Å². The van der Waals surface area contributed by atoms with Crippen LogP contribution in [0.1, 0.15) is 30.9 Å². The Morgan fingerprint density at radius 3 is 2.48 bits per heavy atom. The van der Waals surface area contributed by atoms with Crippen LogP contribution < -0.4 is 20.7 Å². The van der Waals surface area contributed by atoms with Crippen LogP contribution in [0.15, 0.2) is 48.5 Å². The summed E-state index contributed by atoms with van der Waals surface area (Å²) in [5, 5.41) is 8.71. The molecule has 4 amide bonds.